The second-order valence-electron chi connectivity index (χ2n) is 8.22. The van der Waals surface area contributed by atoms with Crippen LogP contribution in [-0.2, 0) is 17.8 Å². The predicted molar refractivity (Wildman–Crippen MR) is 129 cm³/mol. The smallest absolute Gasteiger partial charge is 0.258 e. The lowest BCUT2D eigenvalue weighted by Crippen LogP contribution is -2.51. The average molecular weight is 453 g/mol. The van der Waals surface area contributed by atoms with Crippen LogP contribution in [0.5, 0.6) is 5.75 Å². The standard InChI is InChI=1S/C27H24N4O3/c1-34-22-13-11-18(12-14-22)25-23(17-31(29-25)21-9-3-2-4-10-21)27(33)30-16-20-8-6-5-7-19(20)15-24(30)26(28)32/h2-14,17,24H,15-16H2,1H3,(H2,28,32)/t24-/m0/s1. The first-order valence-electron chi connectivity index (χ1n) is 11.0. The number of carbonyl (C=O) groups is 2. The van der Waals surface area contributed by atoms with Crippen molar-refractivity contribution in [1.29, 1.82) is 0 Å². The van der Waals surface area contributed by atoms with E-state index in [0.717, 1.165) is 22.4 Å². The number of methoxy groups -OCH3 is 1. The van der Waals surface area contributed by atoms with E-state index < -0.39 is 11.9 Å². The summed E-state index contributed by atoms with van der Waals surface area (Å²) in [5, 5.41) is 4.75. The first-order valence-corrected chi connectivity index (χ1v) is 11.0. The molecule has 7 heteroatoms. The number of hydrogen-bond acceptors (Lipinski definition) is 4. The quantitative estimate of drug-likeness (QED) is 0.501. The number of rotatable bonds is 5. The molecule has 0 spiro atoms. The third-order valence-electron chi connectivity index (χ3n) is 6.17. The summed E-state index contributed by atoms with van der Waals surface area (Å²) < 4.78 is 6.96. The Hall–Kier alpha value is -4.39. The van der Waals surface area contributed by atoms with E-state index in [0.29, 0.717) is 30.0 Å². The molecule has 0 fully saturated rings. The van der Waals surface area contributed by atoms with Crippen molar-refractivity contribution in [2.45, 2.75) is 19.0 Å². The Morgan fingerprint density at radius 3 is 2.29 bits per heavy atom. The molecule has 170 valence electrons. The van der Waals surface area contributed by atoms with Crippen LogP contribution < -0.4 is 10.5 Å². The molecule has 0 bridgehead atoms. The molecule has 7 nitrogen and oxygen atoms in total. The molecule has 2 N–H and O–H groups in total. The molecule has 0 unspecified atom stereocenters. The molecule has 0 aliphatic carbocycles. The number of aromatic nitrogens is 2. The molecule has 34 heavy (non-hydrogen) atoms. The van der Waals surface area contributed by atoms with Crippen LogP contribution in [0.2, 0.25) is 0 Å². The first-order chi connectivity index (χ1) is 16.5. The minimum atomic E-state index is -0.730. The van der Waals surface area contributed by atoms with Gasteiger partial charge in [-0.05, 0) is 47.5 Å². The summed E-state index contributed by atoms with van der Waals surface area (Å²) in [6, 6.07) is 24.1. The highest BCUT2D eigenvalue weighted by Crippen LogP contribution is 2.30. The third-order valence-corrected chi connectivity index (χ3v) is 6.17. The van der Waals surface area contributed by atoms with E-state index in [4.69, 9.17) is 15.6 Å². The maximum Gasteiger partial charge on any atom is 0.258 e. The lowest BCUT2D eigenvalue weighted by molar-refractivity contribution is -0.122. The van der Waals surface area contributed by atoms with E-state index in [1.807, 2.05) is 78.9 Å². The van der Waals surface area contributed by atoms with Crippen molar-refractivity contribution in [3.05, 3.63) is 102 Å². The maximum absolute atomic E-state index is 13.9. The van der Waals surface area contributed by atoms with Gasteiger partial charge in [0.2, 0.25) is 5.91 Å². The number of fused-ring (bicyclic) bond motifs is 1. The van der Waals surface area contributed by atoms with Crippen LogP contribution in [0.25, 0.3) is 16.9 Å². The van der Waals surface area contributed by atoms with Gasteiger partial charge in [0.15, 0.2) is 0 Å². The van der Waals surface area contributed by atoms with Crippen LogP contribution in [0.15, 0.2) is 85.1 Å². The summed E-state index contributed by atoms with van der Waals surface area (Å²) in [5.74, 6) is -0.101. The van der Waals surface area contributed by atoms with Crippen LogP contribution in [-0.4, -0.2) is 39.6 Å². The molecule has 4 aromatic rings. The van der Waals surface area contributed by atoms with Crippen LogP contribution in [0, 0.1) is 0 Å². The second-order valence-corrected chi connectivity index (χ2v) is 8.22. The monoisotopic (exact) mass is 452 g/mol. The van der Waals surface area contributed by atoms with Crippen molar-refractivity contribution >= 4 is 11.8 Å². The van der Waals surface area contributed by atoms with E-state index >= 15 is 0 Å². The number of primary amides is 1. The first kappa shape index (κ1) is 21.5. The minimum Gasteiger partial charge on any atom is -0.497 e. The Morgan fingerprint density at radius 2 is 1.62 bits per heavy atom. The fraction of sp³-hybridized carbons (Fsp3) is 0.148. The Morgan fingerprint density at radius 1 is 0.941 bits per heavy atom. The fourth-order valence-electron chi connectivity index (χ4n) is 4.35. The molecule has 0 saturated heterocycles. The lowest BCUT2D eigenvalue weighted by atomic mass is 9.92. The molecule has 1 aliphatic heterocycles. The maximum atomic E-state index is 13.9. The number of benzene rings is 3. The van der Waals surface area contributed by atoms with Crippen LogP contribution in [0.3, 0.4) is 0 Å². The minimum absolute atomic E-state index is 0.286. The van der Waals surface area contributed by atoms with Gasteiger partial charge in [-0.1, -0.05) is 42.5 Å². The second kappa shape index (κ2) is 8.86. The van der Waals surface area contributed by atoms with E-state index in [1.165, 1.54) is 0 Å². The third kappa shape index (κ3) is 3.92. The molecule has 2 heterocycles. The SMILES string of the molecule is COc1ccc(-c2nn(-c3ccccc3)cc2C(=O)N2Cc3ccccc3C[C@H]2C(N)=O)cc1. The molecule has 3 aromatic carbocycles. The largest absolute Gasteiger partial charge is 0.497 e. The number of carbonyl (C=O) groups excluding carboxylic acids is 2. The van der Waals surface area contributed by atoms with E-state index in [1.54, 1.807) is 22.9 Å². The summed E-state index contributed by atoms with van der Waals surface area (Å²) >= 11 is 0. The van der Waals surface area contributed by atoms with Crippen molar-refractivity contribution in [3.63, 3.8) is 0 Å². The molecule has 1 aromatic heterocycles. The summed E-state index contributed by atoms with van der Waals surface area (Å²) in [4.78, 5) is 27.8. The van der Waals surface area contributed by atoms with E-state index in [-0.39, 0.29) is 5.91 Å². The van der Waals surface area contributed by atoms with Crippen LogP contribution >= 0.6 is 0 Å². The zero-order valence-electron chi connectivity index (χ0n) is 18.7. The van der Waals surface area contributed by atoms with Crippen LogP contribution in [0.4, 0.5) is 0 Å². The zero-order chi connectivity index (χ0) is 23.7. The Balaban J connectivity index is 1.60. The van der Waals surface area contributed by atoms with Gasteiger partial charge in [-0.2, -0.15) is 5.10 Å². The highest BCUT2D eigenvalue weighted by Gasteiger charge is 2.35. The fourth-order valence-corrected chi connectivity index (χ4v) is 4.35. The van der Waals surface area contributed by atoms with Gasteiger partial charge in [-0.25, -0.2) is 4.68 Å². The number of nitrogens with two attached hydrogens (primary N) is 1. The molecule has 0 saturated carbocycles. The van der Waals surface area contributed by atoms with Crippen LogP contribution in [0.1, 0.15) is 21.5 Å². The van der Waals surface area contributed by atoms with Gasteiger partial charge in [-0.3, -0.25) is 9.59 Å². The van der Waals surface area contributed by atoms with E-state index in [9.17, 15) is 9.59 Å². The van der Waals surface area contributed by atoms with Gasteiger partial charge in [0.25, 0.3) is 5.91 Å². The average Bonchev–Trinajstić information content (AvgIpc) is 3.33. The summed E-state index contributed by atoms with van der Waals surface area (Å²) in [5.41, 5.74) is 10.3. The zero-order valence-corrected chi connectivity index (χ0v) is 18.7. The molecule has 5 rings (SSSR count). The summed E-state index contributed by atoms with van der Waals surface area (Å²) in [6.07, 6.45) is 2.11. The molecule has 0 radical (unpaired) electrons. The molecular weight excluding hydrogens is 428 g/mol. The summed E-state index contributed by atoms with van der Waals surface area (Å²) in [7, 11) is 1.60. The highest BCUT2D eigenvalue weighted by molar-refractivity contribution is 6.02. The topological polar surface area (TPSA) is 90.5 Å². The number of amides is 2. The number of hydrogen-bond donors (Lipinski definition) is 1. The Labute approximate surface area is 197 Å². The number of nitrogens with zero attached hydrogens (tertiary/aromatic N) is 3. The van der Waals surface area contributed by atoms with Crippen molar-refractivity contribution in [3.8, 4) is 22.7 Å². The highest BCUT2D eigenvalue weighted by atomic mass is 16.5. The van der Waals surface area contributed by atoms with Gasteiger partial charge in [0, 0.05) is 24.7 Å². The van der Waals surface area contributed by atoms with Gasteiger partial charge < -0.3 is 15.4 Å². The number of para-hydroxylation sites is 1. The molecular formula is C27H24N4O3. The molecule has 1 aliphatic rings. The Kier molecular flexibility index (Phi) is 5.59. The number of ether oxygens (including phenoxy) is 1. The molecule has 2 amide bonds. The molecule has 1 atom stereocenters. The van der Waals surface area contributed by atoms with Gasteiger partial charge in [0.1, 0.15) is 17.5 Å². The van der Waals surface area contributed by atoms with Gasteiger partial charge in [-0.15, -0.1) is 0 Å². The summed E-state index contributed by atoms with van der Waals surface area (Å²) in [6.45, 7) is 0.307. The van der Waals surface area contributed by atoms with Crippen molar-refractivity contribution < 1.29 is 14.3 Å². The van der Waals surface area contributed by atoms with Crippen molar-refractivity contribution in [2.75, 3.05) is 7.11 Å². The predicted octanol–water partition coefficient (Wildman–Crippen LogP) is 3.60. The van der Waals surface area contributed by atoms with E-state index in [2.05, 4.69) is 0 Å². The van der Waals surface area contributed by atoms with Crippen molar-refractivity contribution in [2.24, 2.45) is 5.73 Å². The normalized spacial score (nSPS) is 15.0. The van der Waals surface area contributed by atoms with Crippen molar-refractivity contribution in [1.82, 2.24) is 14.7 Å². The Bertz CT molecular complexity index is 1350. The van der Waals surface area contributed by atoms with Gasteiger partial charge >= 0.3 is 0 Å². The lowest BCUT2D eigenvalue weighted by Gasteiger charge is -2.35. The van der Waals surface area contributed by atoms with Gasteiger partial charge in [0.05, 0.1) is 18.4 Å².